The highest BCUT2D eigenvalue weighted by atomic mass is 32.2. The van der Waals surface area contributed by atoms with Crippen LogP contribution in [-0.2, 0) is 9.59 Å². The van der Waals surface area contributed by atoms with Gasteiger partial charge in [-0.05, 0) is 23.8 Å². The lowest BCUT2D eigenvalue weighted by Crippen LogP contribution is -2.31. The monoisotopic (exact) mass is 433 g/mol. The normalized spacial score (nSPS) is 22.7. The zero-order chi connectivity index (χ0) is 20.4. The lowest BCUT2D eigenvalue weighted by atomic mass is 9.83. The molecule has 0 radical (unpaired) electrons. The average Bonchev–Trinajstić information content (AvgIpc) is 3.41. The van der Waals surface area contributed by atoms with Gasteiger partial charge < -0.3 is 4.98 Å². The molecule has 2 aliphatic heterocycles. The van der Waals surface area contributed by atoms with Crippen LogP contribution in [0.4, 0.5) is 0 Å². The molecule has 4 aromatic rings. The first-order chi connectivity index (χ1) is 14.6. The number of hydrogen-bond donors (Lipinski definition) is 2. The van der Waals surface area contributed by atoms with E-state index in [0.717, 1.165) is 43.4 Å². The third kappa shape index (κ3) is 2.41. The quantitative estimate of drug-likeness (QED) is 0.476. The Morgan fingerprint density at radius 3 is 2.50 bits per heavy atom. The van der Waals surface area contributed by atoms with Crippen LogP contribution in [0.25, 0.3) is 16.6 Å². The number of para-hydroxylation sites is 2. The number of nitrogens with one attached hydrogen (secondary N) is 2. The molecule has 2 aliphatic rings. The second-order valence-corrected chi connectivity index (χ2v) is 9.52. The van der Waals surface area contributed by atoms with Crippen LogP contribution < -0.4 is 10.2 Å². The SMILES string of the molecule is O=C1NC(=O)[C@@H]2Sc3c(sc(=O)n3-c3ccccc3)[C@@H](c3c[nH]c4ccccc34)[C@@H]12. The Bertz CT molecular complexity index is 1390. The molecular formula is C22H15N3O3S2. The predicted octanol–water partition coefficient (Wildman–Crippen LogP) is 3.26. The van der Waals surface area contributed by atoms with Crippen LogP contribution in [0, 0.1) is 5.92 Å². The molecule has 30 heavy (non-hydrogen) atoms. The summed E-state index contributed by atoms with van der Waals surface area (Å²) < 4.78 is 1.67. The molecule has 0 saturated carbocycles. The minimum Gasteiger partial charge on any atom is -0.361 e. The Hall–Kier alpha value is -3.10. The Morgan fingerprint density at radius 2 is 1.67 bits per heavy atom. The molecular weight excluding hydrogens is 418 g/mol. The van der Waals surface area contributed by atoms with Crippen molar-refractivity contribution in [3.63, 3.8) is 0 Å². The van der Waals surface area contributed by atoms with Crippen molar-refractivity contribution in [1.82, 2.24) is 14.9 Å². The van der Waals surface area contributed by atoms with Gasteiger partial charge in [0.2, 0.25) is 11.8 Å². The van der Waals surface area contributed by atoms with E-state index in [2.05, 4.69) is 10.3 Å². The Labute approximate surface area is 178 Å². The first kappa shape index (κ1) is 17.7. The van der Waals surface area contributed by atoms with Gasteiger partial charge in [-0.1, -0.05) is 59.5 Å². The number of carbonyl (C=O) groups is 2. The molecule has 1 fully saturated rings. The lowest BCUT2D eigenvalue weighted by molar-refractivity contribution is -0.125. The van der Waals surface area contributed by atoms with Gasteiger partial charge in [-0.15, -0.1) is 0 Å². The number of imide groups is 1. The van der Waals surface area contributed by atoms with Crippen LogP contribution in [0.15, 0.2) is 70.6 Å². The van der Waals surface area contributed by atoms with E-state index in [-0.39, 0.29) is 22.6 Å². The lowest BCUT2D eigenvalue weighted by Gasteiger charge is -2.30. The summed E-state index contributed by atoms with van der Waals surface area (Å²) in [5.41, 5.74) is 2.66. The molecule has 3 atom stereocenters. The summed E-state index contributed by atoms with van der Waals surface area (Å²) >= 11 is 2.48. The Morgan fingerprint density at radius 1 is 0.900 bits per heavy atom. The minimum absolute atomic E-state index is 0.114. The number of rotatable bonds is 2. The number of fused-ring (bicyclic) bond motifs is 3. The molecule has 148 valence electrons. The number of carbonyl (C=O) groups excluding carboxylic acids is 2. The molecule has 8 heteroatoms. The van der Waals surface area contributed by atoms with Crippen molar-refractivity contribution in [3.8, 4) is 5.69 Å². The molecule has 2 N–H and O–H groups in total. The highest BCUT2D eigenvalue weighted by molar-refractivity contribution is 8.00. The van der Waals surface area contributed by atoms with E-state index in [4.69, 9.17) is 0 Å². The van der Waals surface area contributed by atoms with Crippen molar-refractivity contribution in [3.05, 3.63) is 80.9 Å². The van der Waals surface area contributed by atoms with Gasteiger partial charge in [-0.2, -0.15) is 0 Å². The second kappa shape index (κ2) is 6.45. The van der Waals surface area contributed by atoms with E-state index in [1.165, 1.54) is 11.8 Å². The van der Waals surface area contributed by atoms with E-state index in [1.54, 1.807) is 4.57 Å². The van der Waals surface area contributed by atoms with Gasteiger partial charge >= 0.3 is 4.87 Å². The third-order valence-electron chi connectivity index (χ3n) is 5.78. The molecule has 6 nitrogen and oxygen atoms in total. The standard InChI is InChI=1S/C22H15N3O3S2/c26-19-16-15(13-10-23-14-9-5-4-8-12(13)14)18-21(29-17(16)20(27)24-19)25(22(28)30-18)11-6-2-1-3-7-11/h1-10,15-17,23H,(H,24,26,27)/t15-,16+,17+/m0/s1. The van der Waals surface area contributed by atoms with E-state index in [9.17, 15) is 14.4 Å². The van der Waals surface area contributed by atoms with E-state index < -0.39 is 11.2 Å². The smallest absolute Gasteiger partial charge is 0.312 e. The number of aromatic nitrogens is 2. The molecule has 0 spiro atoms. The second-order valence-electron chi connectivity index (χ2n) is 7.39. The van der Waals surface area contributed by atoms with Crippen LogP contribution in [0.5, 0.6) is 0 Å². The molecule has 0 bridgehead atoms. The number of amides is 2. The summed E-state index contributed by atoms with van der Waals surface area (Å²) in [6.45, 7) is 0. The summed E-state index contributed by atoms with van der Waals surface area (Å²) in [5, 5.41) is 3.69. The maximum Gasteiger partial charge on any atom is 0.312 e. The van der Waals surface area contributed by atoms with Crippen LogP contribution in [0.3, 0.4) is 0 Å². The molecule has 2 amide bonds. The van der Waals surface area contributed by atoms with Gasteiger partial charge in [0.05, 0.1) is 16.6 Å². The van der Waals surface area contributed by atoms with Gasteiger partial charge in [-0.25, -0.2) is 0 Å². The van der Waals surface area contributed by atoms with E-state index in [1.807, 2.05) is 60.8 Å². The molecule has 1 saturated heterocycles. The van der Waals surface area contributed by atoms with Crippen molar-refractivity contribution in [2.75, 3.05) is 0 Å². The molecule has 4 heterocycles. The number of thioether (sulfide) groups is 1. The van der Waals surface area contributed by atoms with Gasteiger partial charge in [0, 0.05) is 27.9 Å². The summed E-state index contributed by atoms with van der Waals surface area (Å²) in [5.74, 6) is -1.47. The van der Waals surface area contributed by atoms with Crippen LogP contribution in [0.2, 0.25) is 0 Å². The first-order valence-electron chi connectivity index (χ1n) is 9.52. The fourth-order valence-corrected chi connectivity index (χ4v) is 7.24. The topological polar surface area (TPSA) is 84.0 Å². The van der Waals surface area contributed by atoms with E-state index >= 15 is 0 Å². The van der Waals surface area contributed by atoms with Crippen molar-refractivity contribution in [2.45, 2.75) is 16.2 Å². The van der Waals surface area contributed by atoms with Crippen molar-refractivity contribution in [1.29, 1.82) is 0 Å². The molecule has 2 aromatic carbocycles. The number of thiazole rings is 1. The van der Waals surface area contributed by atoms with Crippen LogP contribution in [-0.4, -0.2) is 26.6 Å². The summed E-state index contributed by atoms with van der Waals surface area (Å²) in [7, 11) is 0. The zero-order valence-corrected chi connectivity index (χ0v) is 17.1. The van der Waals surface area contributed by atoms with Crippen LogP contribution >= 0.6 is 23.1 Å². The van der Waals surface area contributed by atoms with Crippen molar-refractivity contribution < 1.29 is 9.59 Å². The Kier molecular flexibility index (Phi) is 3.81. The first-order valence-corrected chi connectivity index (χ1v) is 11.2. The fourth-order valence-electron chi connectivity index (χ4n) is 4.48. The highest BCUT2D eigenvalue weighted by Gasteiger charge is 2.53. The van der Waals surface area contributed by atoms with Gasteiger partial charge in [0.1, 0.15) is 5.25 Å². The molecule has 6 rings (SSSR count). The Balaban J connectivity index is 1.64. The maximum atomic E-state index is 13.0. The summed E-state index contributed by atoms with van der Waals surface area (Å²) in [6.07, 6.45) is 1.90. The zero-order valence-electron chi connectivity index (χ0n) is 15.5. The highest BCUT2D eigenvalue weighted by Crippen LogP contribution is 2.53. The number of H-pyrrole nitrogens is 1. The summed E-state index contributed by atoms with van der Waals surface area (Å²) in [4.78, 5) is 42.5. The van der Waals surface area contributed by atoms with Gasteiger partial charge in [-0.3, -0.25) is 24.3 Å². The number of aromatic amines is 1. The largest absolute Gasteiger partial charge is 0.361 e. The number of benzene rings is 2. The van der Waals surface area contributed by atoms with Gasteiger partial charge in [0.15, 0.2) is 0 Å². The molecule has 2 aromatic heterocycles. The van der Waals surface area contributed by atoms with Gasteiger partial charge in [0.25, 0.3) is 0 Å². The van der Waals surface area contributed by atoms with E-state index in [0.29, 0.717) is 0 Å². The van der Waals surface area contributed by atoms with Crippen LogP contribution in [0.1, 0.15) is 16.4 Å². The van der Waals surface area contributed by atoms with Crippen molar-refractivity contribution in [2.24, 2.45) is 5.92 Å². The number of nitrogens with zero attached hydrogens (tertiary/aromatic N) is 1. The summed E-state index contributed by atoms with van der Waals surface area (Å²) in [6, 6.07) is 17.3. The molecule has 0 aliphatic carbocycles. The predicted molar refractivity (Wildman–Crippen MR) is 116 cm³/mol. The average molecular weight is 434 g/mol. The number of hydrogen-bond acceptors (Lipinski definition) is 5. The maximum absolute atomic E-state index is 13.0. The van der Waals surface area contributed by atoms with Crippen molar-refractivity contribution >= 4 is 45.8 Å². The fraction of sp³-hybridized carbons (Fsp3) is 0.136. The third-order valence-corrected chi connectivity index (χ3v) is 8.32. The minimum atomic E-state index is -0.562. The molecule has 0 unspecified atom stereocenters.